The predicted octanol–water partition coefficient (Wildman–Crippen LogP) is 4.56. The number of aromatic nitrogens is 3. The normalized spacial score (nSPS) is 23.7. The molecule has 0 spiro atoms. The molecule has 1 saturated heterocycles. The molecule has 0 unspecified atom stereocenters. The Morgan fingerprint density at radius 1 is 1.08 bits per heavy atom. The molecule has 0 bridgehead atoms. The Morgan fingerprint density at radius 2 is 1.92 bits per heavy atom. The lowest BCUT2D eigenvalue weighted by Gasteiger charge is -2.52. The van der Waals surface area contributed by atoms with Crippen LogP contribution in [0.25, 0.3) is 16.9 Å². The zero-order valence-electron chi connectivity index (χ0n) is 19.9. The molecule has 1 N–H and O–H groups in total. The molecule has 36 heavy (non-hydrogen) atoms. The Bertz CT molecular complexity index is 1470. The third-order valence-corrected chi connectivity index (χ3v) is 7.87. The highest BCUT2D eigenvalue weighted by atomic mass is 16.3. The molecule has 3 atom stereocenters. The lowest BCUT2D eigenvalue weighted by atomic mass is 9.66. The second-order valence-corrected chi connectivity index (χ2v) is 9.79. The van der Waals surface area contributed by atoms with E-state index < -0.39 is 5.60 Å². The van der Waals surface area contributed by atoms with E-state index in [1.807, 2.05) is 53.6 Å². The lowest BCUT2D eigenvalue weighted by Crippen LogP contribution is -2.59. The van der Waals surface area contributed by atoms with Gasteiger partial charge in [-0.2, -0.15) is 5.26 Å². The van der Waals surface area contributed by atoms with E-state index in [-0.39, 0.29) is 17.9 Å². The van der Waals surface area contributed by atoms with Crippen molar-refractivity contribution in [2.45, 2.75) is 43.7 Å². The van der Waals surface area contributed by atoms with Crippen molar-refractivity contribution in [1.29, 1.82) is 5.26 Å². The number of benzene rings is 2. The molecular weight excluding hydrogens is 450 g/mol. The van der Waals surface area contributed by atoms with Crippen LogP contribution in [0.2, 0.25) is 0 Å². The van der Waals surface area contributed by atoms with Crippen molar-refractivity contribution < 1.29 is 9.90 Å². The van der Waals surface area contributed by atoms with Crippen molar-refractivity contribution >= 4 is 11.6 Å². The van der Waals surface area contributed by atoms with Crippen molar-refractivity contribution in [3.05, 3.63) is 90.0 Å². The second-order valence-electron chi connectivity index (χ2n) is 9.79. The lowest BCUT2D eigenvalue weighted by molar-refractivity contribution is -0.110. The van der Waals surface area contributed by atoms with E-state index in [2.05, 4.69) is 11.1 Å². The van der Waals surface area contributed by atoms with Crippen LogP contribution in [0, 0.1) is 17.2 Å². The van der Waals surface area contributed by atoms with Crippen LogP contribution in [-0.4, -0.2) is 42.9 Å². The number of fused-ring (bicyclic) bond motifs is 2. The van der Waals surface area contributed by atoms with E-state index >= 15 is 0 Å². The summed E-state index contributed by atoms with van der Waals surface area (Å²) in [7, 11) is 0. The number of amides is 1. The molecule has 2 aromatic heterocycles. The summed E-state index contributed by atoms with van der Waals surface area (Å²) in [6.45, 7) is 0.458. The molecule has 2 fully saturated rings. The first-order valence-electron chi connectivity index (χ1n) is 12.5. The van der Waals surface area contributed by atoms with Crippen LogP contribution in [0.4, 0.5) is 0 Å². The van der Waals surface area contributed by atoms with E-state index in [9.17, 15) is 15.2 Å². The Kier molecular flexibility index (Phi) is 5.54. The monoisotopic (exact) mass is 477 g/mol. The number of likely N-dealkylation sites (tertiary alicyclic amines) is 1. The Morgan fingerprint density at radius 3 is 2.75 bits per heavy atom. The van der Waals surface area contributed by atoms with Gasteiger partial charge in [0.1, 0.15) is 5.69 Å². The Balaban J connectivity index is 1.40. The van der Waals surface area contributed by atoms with Crippen LogP contribution in [0.3, 0.4) is 0 Å². The summed E-state index contributed by atoms with van der Waals surface area (Å²) in [5.74, 6) is 0.139. The maximum atomic E-state index is 14.1. The quantitative estimate of drug-likeness (QED) is 0.467. The molecule has 6 rings (SSSR count). The number of rotatable bonds is 3. The molecule has 4 aromatic rings. The average Bonchev–Trinajstić information content (AvgIpc) is 3.33. The van der Waals surface area contributed by atoms with E-state index in [4.69, 9.17) is 4.98 Å². The molecule has 1 aliphatic heterocycles. The van der Waals surface area contributed by atoms with Crippen LogP contribution in [0.1, 0.15) is 53.8 Å². The van der Waals surface area contributed by atoms with Gasteiger partial charge in [0, 0.05) is 36.5 Å². The third-order valence-electron chi connectivity index (χ3n) is 7.87. The van der Waals surface area contributed by atoms with Gasteiger partial charge >= 0.3 is 0 Å². The summed E-state index contributed by atoms with van der Waals surface area (Å²) in [6.07, 6.45) is 7.81. The number of carbonyl (C=O) groups is 1. The van der Waals surface area contributed by atoms with Crippen molar-refractivity contribution in [3.8, 4) is 17.3 Å². The predicted molar refractivity (Wildman–Crippen MR) is 135 cm³/mol. The molecule has 3 heterocycles. The van der Waals surface area contributed by atoms with Crippen molar-refractivity contribution in [2.75, 3.05) is 6.54 Å². The number of imidazole rings is 1. The van der Waals surface area contributed by atoms with Gasteiger partial charge in [0.15, 0.2) is 5.65 Å². The van der Waals surface area contributed by atoms with E-state index in [0.29, 0.717) is 35.7 Å². The SMILES string of the molecule is N#Cc1cccc(-c2nc(C(=O)N3CC[C@](O)(c4ccccc4)[C@H]4CCCC[C@H]43)n3cccnc23)c1. The van der Waals surface area contributed by atoms with Gasteiger partial charge < -0.3 is 10.0 Å². The summed E-state index contributed by atoms with van der Waals surface area (Å²) in [6, 6.07) is 21.0. The summed E-state index contributed by atoms with van der Waals surface area (Å²) in [4.78, 5) is 25.3. The zero-order chi connectivity index (χ0) is 24.7. The first kappa shape index (κ1) is 22.4. The summed E-state index contributed by atoms with van der Waals surface area (Å²) < 4.78 is 1.74. The molecule has 2 aromatic carbocycles. The molecule has 1 saturated carbocycles. The fraction of sp³-hybridized carbons (Fsp3) is 0.310. The average molecular weight is 478 g/mol. The highest BCUT2D eigenvalue weighted by molar-refractivity contribution is 5.94. The molecule has 180 valence electrons. The van der Waals surface area contributed by atoms with Gasteiger partial charge in [0.05, 0.1) is 17.2 Å². The third kappa shape index (κ3) is 3.57. The minimum Gasteiger partial charge on any atom is -0.385 e. The number of nitrogens with zero attached hydrogens (tertiary/aromatic N) is 5. The summed E-state index contributed by atoms with van der Waals surface area (Å²) in [5.41, 5.74) is 2.42. The Labute approximate surface area is 209 Å². The van der Waals surface area contributed by atoms with E-state index in [1.54, 1.807) is 28.8 Å². The van der Waals surface area contributed by atoms with Gasteiger partial charge in [-0.1, -0.05) is 55.3 Å². The van der Waals surface area contributed by atoms with Crippen molar-refractivity contribution in [3.63, 3.8) is 0 Å². The molecule has 7 nitrogen and oxygen atoms in total. The van der Waals surface area contributed by atoms with Gasteiger partial charge in [0.25, 0.3) is 5.91 Å². The van der Waals surface area contributed by atoms with Gasteiger partial charge in [-0.3, -0.25) is 9.20 Å². The van der Waals surface area contributed by atoms with Gasteiger partial charge in [-0.05, 0) is 43.0 Å². The Hall–Kier alpha value is -4.02. The first-order chi connectivity index (χ1) is 17.6. The van der Waals surface area contributed by atoms with Gasteiger partial charge in [0.2, 0.25) is 5.82 Å². The minimum atomic E-state index is -0.942. The standard InChI is InChI=1S/C29H27N5O2/c30-19-20-8-6-9-21(18-20)25-26-31-15-7-16-34(26)27(32-25)28(35)33-17-14-29(36,22-10-2-1-3-11-22)23-12-4-5-13-24(23)33/h1-3,6-11,15-16,18,23-24,36H,4-5,12-14,17H2/t23-,24+,29-/m0/s1. The largest absolute Gasteiger partial charge is 0.385 e. The summed E-state index contributed by atoms with van der Waals surface area (Å²) in [5, 5.41) is 21.2. The van der Waals surface area contributed by atoms with Crippen LogP contribution < -0.4 is 0 Å². The molecule has 7 heteroatoms. The molecular formula is C29H27N5O2. The van der Waals surface area contributed by atoms with Crippen LogP contribution in [0.5, 0.6) is 0 Å². The van der Waals surface area contributed by atoms with Crippen LogP contribution in [-0.2, 0) is 5.60 Å². The number of hydrogen-bond acceptors (Lipinski definition) is 5. The van der Waals surface area contributed by atoms with Crippen LogP contribution in [0.15, 0.2) is 73.1 Å². The highest BCUT2D eigenvalue weighted by Crippen LogP contribution is 2.47. The first-order valence-corrected chi connectivity index (χ1v) is 12.5. The smallest absolute Gasteiger partial charge is 0.290 e. The summed E-state index contributed by atoms with van der Waals surface area (Å²) >= 11 is 0. The highest BCUT2D eigenvalue weighted by Gasteiger charge is 2.50. The molecule has 0 radical (unpaired) electrons. The maximum absolute atomic E-state index is 14.1. The molecule has 2 aliphatic rings. The molecule has 1 amide bonds. The van der Waals surface area contributed by atoms with Gasteiger partial charge in [-0.25, -0.2) is 9.97 Å². The molecule has 1 aliphatic carbocycles. The zero-order valence-corrected chi connectivity index (χ0v) is 19.9. The minimum absolute atomic E-state index is 0.0255. The number of piperidine rings is 1. The van der Waals surface area contributed by atoms with Crippen molar-refractivity contribution in [1.82, 2.24) is 19.3 Å². The van der Waals surface area contributed by atoms with Crippen LogP contribution >= 0.6 is 0 Å². The number of carbonyl (C=O) groups excluding carboxylic acids is 1. The number of nitriles is 1. The number of aliphatic hydroxyl groups is 1. The fourth-order valence-electron chi connectivity index (χ4n) is 6.16. The van der Waals surface area contributed by atoms with E-state index in [1.165, 1.54) is 0 Å². The van der Waals surface area contributed by atoms with Gasteiger partial charge in [-0.15, -0.1) is 0 Å². The second kappa shape index (κ2) is 8.89. The topological polar surface area (TPSA) is 94.5 Å². The van der Waals surface area contributed by atoms with Crippen molar-refractivity contribution in [2.24, 2.45) is 5.92 Å². The fourth-order valence-corrected chi connectivity index (χ4v) is 6.16. The van der Waals surface area contributed by atoms with E-state index in [0.717, 1.165) is 36.8 Å². The number of hydrogen-bond donors (Lipinski definition) is 1. The maximum Gasteiger partial charge on any atom is 0.290 e.